The van der Waals surface area contributed by atoms with Gasteiger partial charge in [-0.1, -0.05) is 12.1 Å². The minimum atomic E-state index is 0.949. The van der Waals surface area contributed by atoms with Gasteiger partial charge in [-0.05, 0) is 12.1 Å². The van der Waals surface area contributed by atoms with Crippen LogP contribution in [0.25, 0.3) is 11.0 Å². The van der Waals surface area contributed by atoms with Crippen LogP contribution in [0.3, 0.4) is 0 Å². The second-order valence-electron chi connectivity index (χ2n) is 2.72. The first-order valence-corrected chi connectivity index (χ1v) is 5.39. The molecule has 0 fully saturated rings. The number of para-hydroxylation sites is 2. The van der Waals surface area contributed by atoms with Crippen molar-refractivity contribution in [3.8, 4) is 0 Å². The van der Waals surface area contributed by atoms with Gasteiger partial charge in [0.2, 0.25) is 0 Å². The zero-order chi connectivity index (χ0) is 10.3. The third-order valence-electron chi connectivity index (χ3n) is 1.72. The molecule has 3 rings (SSSR count). The zero-order valence-electron chi connectivity index (χ0n) is 7.95. The van der Waals surface area contributed by atoms with Crippen LogP contribution in [-0.2, 0) is 0 Å². The minimum absolute atomic E-state index is 0.949. The molecule has 0 spiro atoms. The van der Waals surface area contributed by atoms with Crippen molar-refractivity contribution in [3.05, 3.63) is 53.7 Å². The number of aromatic nitrogens is 3. The molecule has 0 unspecified atom stereocenters. The molecule has 0 radical (unpaired) electrons. The number of fused-ring (bicyclic) bond motifs is 1. The van der Waals surface area contributed by atoms with Crippen LogP contribution >= 0.6 is 11.3 Å². The average molecular weight is 215 g/mol. The van der Waals surface area contributed by atoms with Crippen LogP contribution in [0.5, 0.6) is 0 Å². The lowest BCUT2D eigenvalue weighted by atomic mass is 10.3. The molecule has 4 heteroatoms. The summed E-state index contributed by atoms with van der Waals surface area (Å²) < 4.78 is 0. The van der Waals surface area contributed by atoms with Gasteiger partial charge in [0, 0.05) is 24.0 Å². The van der Waals surface area contributed by atoms with E-state index >= 15 is 0 Å². The third kappa shape index (κ3) is 2.82. The molecule has 74 valence electrons. The van der Waals surface area contributed by atoms with Crippen LogP contribution in [-0.4, -0.2) is 15.0 Å². The van der Waals surface area contributed by atoms with E-state index in [4.69, 9.17) is 0 Å². The van der Waals surface area contributed by atoms with Crippen LogP contribution in [0, 0.1) is 0 Å². The highest BCUT2D eigenvalue weighted by Crippen LogP contribution is 2.04. The number of hydrogen-bond donors (Lipinski definition) is 0. The van der Waals surface area contributed by atoms with Gasteiger partial charge < -0.3 is 0 Å². The van der Waals surface area contributed by atoms with E-state index in [2.05, 4.69) is 15.0 Å². The Labute approximate surface area is 91.5 Å². The molecule has 0 aliphatic heterocycles. The Hall–Kier alpha value is -1.81. The quantitative estimate of drug-likeness (QED) is 0.578. The van der Waals surface area contributed by atoms with E-state index in [9.17, 15) is 0 Å². The van der Waals surface area contributed by atoms with Crippen molar-refractivity contribution in [2.75, 3.05) is 0 Å². The van der Waals surface area contributed by atoms with Gasteiger partial charge in [0.1, 0.15) is 0 Å². The Morgan fingerprint density at radius 2 is 1.53 bits per heavy atom. The van der Waals surface area contributed by atoms with E-state index in [1.165, 1.54) is 0 Å². The van der Waals surface area contributed by atoms with Gasteiger partial charge >= 0.3 is 0 Å². The van der Waals surface area contributed by atoms with E-state index in [0.29, 0.717) is 0 Å². The van der Waals surface area contributed by atoms with Crippen LogP contribution in [0.15, 0.2) is 53.7 Å². The van der Waals surface area contributed by atoms with Crippen molar-refractivity contribution in [2.24, 2.45) is 0 Å². The molecule has 0 bridgehead atoms. The number of benzene rings is 1. The molecule has 0 N–H and O–H groups in total. The highest BCUT2D eigenvalue weighted by molar-refractivity contribution is 7.07. The standard InChI is InChI=1S/C8H6N2.C3H3NS/c1-2-4-8-7(3-1)9-5-6-10-8;1-2-5-3-4-1/h1-6H;1-3H. The molecule has 0 amide bonds. The van der Waals surface area contributed by atoms with Crippen molar-refractivity contribution in [1.82, 2.24) is 15.0 Å². The van der Waals surface area contributed by atoms with Gasteiger partial charge in [-0.15, -0.1) is 11.3 Å². The molecule has 0 aliphatic rings. The summed E-state index contributed by atoms with van der Waals surface area (Å²) in [6.07, 6.45) is 5.16. The minimum Gasteiger partial charge on any atom is -0.253 e. The van der Waals surface area contributed by atoms with E-state index in [1.807, 2.05) is 29.6 Å². The van der Waals surface area contributed by atoms with Crippen LogP contribution in [0.4, 0.5) is 0 Å². The monoisotopic (exact) mass is 215 g/mol. The summed E-state index contributed by atoms with van der Waals surface area (Å²) in [6, 6.07) is 7.80. The average Bonchev–Trinajstić information content (AvgIpc) is 2.88. The second-order valence-corrected chi connectivity index (χ2v) is 3.48. The van der Waals surface area contributed by atoms with Crippen LogP contribution in [0.2, 0.25) is 0 Å². The molecule has 3 aromatic rings. The van der Waals surface area contributed by atoms with E-state index in [1.54, 1.807) is 35.4 Å². The predicted molar refractivity (Wildman–Crippen MR) is 61.7 cm³/mol. The van der Waals surface area contributed by atoms with Gasteiger partial charge in [-0.25, -0.2) is 0 Å². The molecule has 0 aliphatic carbocycles. The van der Waals surface area contributed by atoms with Gasteiger partial charge in [-0.2, -0.15) is 0 Å². The maximum atomic E-state index is 4.12. The number of nitrogens with zero attached hydrogens (tertiary/aromatic N) is 3. The molecular weight excluding hydrogens is 206 g/mol. The molecule has 3 nitrogen and oxygen atoms in total. The van der Waals surface area contributed by atoms with Crippen molar-refractivity contribution >= 4 is 22.4 Å². The Bertz CT molecular complexity index is 425. The van der Waals surface area contributed by atoms with Crippen molar-refractivity contribution < 1.29 is 0 Å². The Morgan fingerprint density at radius 1 is 0.867 bits per heavy atom. The van der Waals surface area contributed by atoms with Crippen molar-refractivity contribution in [2.45, 2.75) is 0 Å². The smallest absolute Gasteiger partial charge is 0.0886 e. The lowest BCUT2D eigenvalue weighted by molar-refractivity contribution is 1.29. The molecule has 15 heavy (non-hydrogen) atoms. The highest BCUT2D eigenvalue weighted by Gasteiger charge is 1.88. The molecular formula is C11H9N3S. The molecule has 0 atom stereocenters. The predicted octanol–water partition coefficient (Wildman–Crippen LogP) is 2.77. The van der Waals surface area contributed by atoms with Gasteiger partial charge in [0.05, 0.1) is 16.5 Å². The Balaban J connectivity index is 0.000000144. The number of thiazole rings is 1. The highest BCUT2D eigenvalue weighted by atomic mass is 32.1. The van der Waals surface area contributed by atoms with Gasteiger partial charge in [0.15, 0.2) is 0 Å². The summed E-state index contributed by atoms with van der Waals surface area (Å²) in [5, 5.41) is 1.93. The SMILES string of the molecule is c1ccc2nccnc2c1.c1cscn1. The normalized spacial score (nSPS) is 9.33. The van der Waals surface area contributed by atoms with Crippen molar-refractivity contribution in [3.63, 3.8) is 0 Å². The molecule has 2 heterocycles. The maximum absolute atomic E-state index is 4.12. The fourth-order valence-corrected chi connectivity index (χ4v) is 1.44. The lowest BCUT2D eigenvalue weighted by Crippen LogP contribution is -1.78. The van der Waals surface area contributed by atoms with E-state index in [-0.39, 0.29) is 0 Å². The summed E-state index contributed by atoms with van der Waals surface area (Å²) in [4.78, 5) is 12.0. The number of rotatable bonds is 0. The fourth-order valence-electron chi connectivity index (χ4n) is 1.09. The van der Waals surface area contributed by atoms with Crippen LogP contribution in [0.1, 0.15) is 0 Å². The molecule has 0 saturated carbocycles. The fraction of sp³-hybridized carbons (Fsp3) is 0. The van der Waals surface area contributed by atoms with E-state index < -0.39 is 0 Å². The summed E-state index contributed by atoms with van der Waals surface area (Å²) in [5.74, 6) is 0. The van der Waals surface area contributed by atoms with Crippen molar-refractivity contribution in [1.29, 1.82) is 0 Å². The van der Waals surface area contributed by atoms with Gasteiger partial charge in [0.25, 0.3) is 0 Å². The Kier molecular flexibility index (Phi) is 3.35. The first-order valence-electron chi connectivity index (χ1n) is 4.45. The zero-order valence-corrected chi connectivity index (χ0v) is 8.76. The first kappa shape index (κ1) is 9.73. The first-order chi connectivity index (χ1) is 7.47. The Morgan fingerprint density at radius 3 is 1.93 bits per heavy atom. The molecule has 1 aromatic carbocycles. The molecule has 0 saturated heterocycles. The molecule has 2 aromatic heterocycles. The summed E-state index contributed by atoms with van der Waals surface area (Å²) in [6.45, 7) is 0. The largest absolute Gasteiger partial charge is 0.253 e. The topological polar surface area (TPSA) is 38.7 Å². The lowest BCUT2D eigenvalue weighted by Gasteiger charge is -1.90. The summed E-state index contributed by atoms with van der Waals surface area (Å²) >= 11 is 1.60. The third-order valence-corrected chi connectivity index (χ3v) is 2.25. The van der Waals surface area contributed by atoms with Crippen LogP contribution < -0.4 is 0 Å². The maximum Gasteiger partial charge on any atom is 0.0886 e. The summed E-state index contributed by atoms with van der Waals surface area (Å²) in [7, 11) is 0. The number of hydrogen-bond acceptors (Lipinski definition) is 4. The summed E-state index contributed by atoms with van der Waals surface area (Å²) in [5.41, 5.74) is 3.69. The van der Waals surface area contributed by atoms with Gasteiger partial charge in [-0.3, -0.25) is 15.0 Å². The van der Waals surface area contributed by atoms with E-state index in [0.717, 1.165) is 11.0 Å². The second kappa shape index (κ2) is 5.17.